The Bertz CT molecular complexity index is 1060. The van der Waals surface area contributed by atoms with Crippen molar-refractivity contribution in [2.45, 2.75) is 38.6 Å². The fourth-order valence-corrected chi connectivity index (χ4v) is 4.05. The third-order valence-electron chi connectivity index (χ3n) is 6.03. The molecule has 1 aromatic heterocycles. The molecule has 0 unspecified atom stereocenters. The fourth-order valence-electron chi connectivity index (χ4n) is 4.05. The number of halogens is 1. The van der Waals surface area contributed by atoms with Gasteiger partial charge < -0.3 is 20.5 Å². The lowest BCUT2D eigenvalue weighted by Gasteiger charge is -2.26. The van der Waals surface area contributed by atoms with Gasteiger partial charge in [0, 0.05) is 18.3 Å². The summed E-state index contributed by atoms with van der Waals surface area (Å²) < 4.78 is 20.0. The average molecular weight is 455 g/mol. The number of pyridine rings is 1. The molecule has 3 rings (SSSR count). The minimum absolute atomic E-state index is 0.0181. The van der Waals surface area contributed by atoms with Crippen molar-refractivity contribution in [2.24, 2.45) is 11.8 Å². The predicted octanol–water partition coefficient (Wildman–Crippen LogP) is 3.89. The molecule has 1 aliphatic rings. The molecular formula is C24H27FN4O4. The maximum Gasteiger partial charge on any atom is 0.306 e. The van der Waals surface area contributed by atoms with E-state index in [2.05, 4.69) is 21.7 Å². The molecule has 9 heteroatoms. The molecule has 1 atom stereocenters. The number of rotatable bonds is 8. The van der Waals surface area contributed by atoms with E-state index in [-0.39, 0.29) is 23.2 Å². The second-order valence-electron chi connectivity index (χ2n) is 8.25. The van der Waals surface area contributed by atoms with Crippen LogP contribution in [0.5, 0.6) is 5.75 Å². The minimum Gasteiger partial charge on any atom is -0.496 e. The Labute approximate surface area is 191 Å². The number of hydrogen-bond acceptors (Lipinski definition) is 6. The monoisotopic (exact) mass is 454 g/mol. The van der Waals surface area contributed by atoms with Crippen LogP contribution in [0.3, 0.4) is 0 Å². The number of ether oxygens (including phenoxy) is 1. The largest absolute Gasteiger partial charge is 0.496 e. The molecule has 33 heavy (non-hydrogen) atoms. The fraction of sp³-hybridized carbons (Fsp3) is 0.417. The first-order valence-electron chi connectivity index (χ1n) is 10.8. The van der Waals surface area contributed by atoms with Crippen LogP contribution in [0.15, 0.2) is 30.5 Å². The van der Waals surface area contributed by atoms with Crippen LogP contribution in [0, 0.1) is 29.0 Å². The first-order chi connectivity index (χ1) is 15.8. The summed E-state index contributed by atoms with van der Waals surface area (Å²) in [5, 5.41) is 24.0. The van der Waals surface area contributed by atoms with Gasteiger partial charge in [-0.3, -0.25) is 9.59 Å². The number of hydrogen-bond donors (Lipinski definition) is 3. The second-order valence-corrected chi connectivity index (χ2v) is 8.25. The Hall–Kier alpha value is -3.67. The maximum atomic E-state index is 14.7. The van der Waals surface area contributed by atoms with Gasteiger partial charge in [0.05, 0.1) is 36.3 Å². The number of anilines is 1. The number of nitrogens with zero attached hydrogens (tertiary/aromatic N) is 2. The number of carboxylic acids is 1. The van der Waals surface area contributed by atoms with E-state index in [1.807, 2.05) is 0 Å². The zero-order valence-electron chi connectivity index (χ0n) is 18.6. The SMILES string of the molecule is COc1ccc(C#N)cc1[C@H](C)Nc1ncc(C(=O)NC[C@H]2CC[C@H](C(=O)O)CC2)cc1F. The summed E-state index contributed by atoms with van der Waals surface area (Å²) in [7, 11) is 1.52. The summed E-state index contributed by atoms with van der Waals surface area (Å²) in [6.45, 7) is 2.21. The summed E-state index contributed by atoms with van der Waals surface area (Å²) in [6.07, 6.45) is 3.99. The Morgan fingerprint density at radius 1 is 1.30 bits per heavy atom. The number of carbonyl (C=O) groups is 2. The van der Waals surface area contributed by atoms with Gasteiger partial charge in [-0.05, 0) is 62.8 Å². The molecule has 8 nitrogen and oxygen atoms in total. The van der Waals surface area contributed by atoms with E-state index in [9.17, 15) is 14.0 Å². The highest BCUT2D eigenvalue weighted by Crippen LogP contribution is 2.30. The molecule has 0 saturated heterocycles. The summed E-state index contributed by atoms with van der Waals surface area (Å²) in [5.41, 5.74) is 1.24. The second kappa shape index (κ2) is 10.8. The number of methoxy groups -OCH3 is 1. The van der Waals surface area contributed by atoms with Crippen LogP contribution >= 0.6 is 0 Å². The van der Waals surface area contributed by atoms with Crippen LogP contribution in [-0.2, 0) is 4.79 Å². The molecule has 1 amide bonds. The van der Waals surface area contributed by atoms with Crippen LogP contribution in [0.2, 0.25) is 0 Å². The molecule has 2 aromatic rings. The van der Waals surface area contributed by atoms with Crippen LogP contribution in [0.1, 0.15) is 60.1 Å². The first-order valence-corrected chi connectivity index (χ1v) is 10.8. The number of aliphatic carboxylic acids is 1. The van der Waals surface area contributed by atoms with Gasteiger partial charge in [-0.15, -0.1) is 0 Å². The smallest absolute Gasteiger partial charge is 0.306 e. The maximum absolute atomic E-state index is 14.7. The predicted molar refractivity (Wildman–Crippen MR) is 119 cm³/mol. The van der Waals surface area contributed by atoms with Crippen molar-refractivity contribution in [2.75, 3.05) is 19.0 Å². The van der Waals surface area contributed by atoms with Crippen molar-refractivity contribution in [3.63, 3.8) is 0 Å². The van der Waals surface area contributed by atoms with Gasteiger partial charge in [0.25, 0.3) is 5.91 Å². The zero-order valence-corrected chi connectivity index (χ0v) is 18.6. The van der Waals surface area contributed by atoms with Crippen molar-refractivity contribution in [3.8, 4) is 11.8 Å². The van der Waals surface area contributed by atoms with E-state index in [0.717, 1.165) is 18.9 Å². The number of nitrogens with one attached hydrogen (secondary N) is 2. The highest BCUT2D eigenvalue weighted by molar-refractivity contribution is 5.94. The molecule has 0 spiro atoms. The first kappa shape index (κ1) is 24.0. The van der Waals surface area contributed by atoms with Crippen LogP contribution in [-0.4, -0.2) is 35.6 Å². The van der Waals surface area contributed by atoms with Crippen molar-refractivity contribution < 1.29 is 23.8 Å². The number of aromatic nitrogens is 1. The van der Waals surface area contributed by atoms with Gasteiger partial charge in [-0.1, -0.05) is 0 Å². The van der Waals surface area contributed by atoms with Crippen molar-refractivity contribution in [1.82, 2.24) is 10.3 Å². The molecule has 174 valence electrons. The number of nitriles is 1. The average Bonchev–Trinajstić information content (AvgIpc) is 2.83. The minimum atomic E-state index is -0.765. The third kappa shape index (κ3) is 5.98. The van der Waals surface area contributed by atoms with E-state index in [1.54, 1.807) is 25.1 Å². The van der Waals surface area contributed by atoms with Crippen LogP contribution < -0.4 is 15.4 Å². The van der Waals surface area contributed by atoms with Gasteiger partial charge in [0.1, 0.15) is 5.75 Å². The van der Waals surface area contributed by atoms with E-state index in [1.165, 1.54) is 13.3 Å². The summed E-state index contributed by atoms with van der Waals surface area (Å²) >= 11 is 0. The lowest BCUT2D eigenvalue weighted by atomic mass is 9.82. The highest BCUT2D eigenvalue weighted by Gasteiger charge is 2.26. The Balaban J connectivity index is 1.60. The van der Waals surface area contributed by atoms with Gasteiger partial charge in [0.15, 0.2) is 11.6 Å². The van der Waals surface area contributed by atoms with Gasteiger partial charge in [-0.2, -0.15) is 5.26 Å². The van der Waals surface area contributed by atoms with E-state index < -0.39 is 23.7 Å². The van der Waals surface area contributed by atoms with Crippen molar-refractivity contribution >= 4 is 17.7 Å². The van der Waals surface area contributed by atoms with Crippen molar-refractivity contribution in [1.29, 1.82) is 5.26 Å². The molecular weight excluding hydrogens is 427 g/mol. The number of benzene rings is 1. The molecule has 3 N–H and O–H groups in total. The standard InChI is InChI=1S/C24H27FN4O4/c1-14(19-9-16(11-26)5-8-21(19)33-2)29-22-20(25)10-18(13-27-22)23(30)28-12-15-3-6-17(7-4-15)24(31)32/h5,8-10,13-15,17H,3-4,6-7,12H2,1-2H3,(H,27,29)(H,28,30)(H,31,32)/t14-,15-,17-/m0/s1. The molecule has 1 aromatic carbocycles. The molecule has 1 saturated carbocycles. The summed E-state index contributed by atoms with van der Waals surface area (Å²) in [4.78, 5) is 27.6. The number of carbonyl (C=O) groups excluding carboxylic acids is 1. The summed E-state index contributed by atoms with van der Waals surface area (Å²) in [5.74, 6) is -1.42. The highest BCUT2D eigenvalue weighted by atomic mass is 19.1. The quantitative estimate of drug-likeness (QED) is 0.553. The van der Waals surface area contributed by atoms with E-state index >= 15 is 0 Å². The molecule has 0 aliphatic heterocycles. The molecule has 1 heterocycles. The lowest BCUT2D eigenvalue weighted by molar-refractivity contribution is -0.143. The normalized spacial score (nSPS) is 18.6. The molecule has 0 radical (unpaired) electrons. The Morgan fingerprint density at radius 2 is 2.03 bits per heavy atom. The van der Waals surface area contributed by atoms with E-state index in [0.29, 0.717) is 36.3 Å². The van der Waals surface area contributed by atoms with Gasteiger partial charge in [-0.25, -0.2) is 9.37 Å². The Kier molecular flexibility index (Phi) is 7.83. The lowest BCUT2D eigenvalue weighted by Crippen LogP contribution is -2.32. The number of carboxylic acid groups (broad SMARTS) is 1. The summed E-state index contributed by atoms with van der Waals surface area (Å²) in [6, 6.07) is 7.77. The van der Waals surface area contributed by atoms with E-state index in [4.69, 9.17) is 15.1 Å². The Morgan fingerprint density at radius 3 is 2.64 bits per heavy atom. The van der Waals surface area contributed by atoms with Crippen LogP contribution in [0.4, 0.5) is 10.2 Å². The van der Waals surface area contributed by atoms with Crippen molar-refractivity contribution in [3.05, 3.63) is 53.0 Å². The molecule has 1 aliphatic carbocycles. The van der Waals surface area contributed by atoms with Gasteiger partial charge >= 0.3 is 5.97 Å². The zero-order chi connectivity index (χ0) is 24.0. The van der Waals surface area contributed by atoms with Crippen LogP contribution in [0.25, 0.3) is 0 Å². The van der Waals surface area contributed by atoms with Gasteiger partial charge in [0.2, 0.25) is 0 Å². The topological polar surface area (TPSA) is 124 Å². The third-order valence-corrected chi connectivity index (χ3v) is 6.03. The number of amides is 1. The molecule has 1 fully saturated rings. The molecule has 0 bridgehead atoms.